The molecule has 108 valence electrons. The van der Waals surface area contributed by atoms with Crippen molar-refractivity contribution in [1.29, 1.82) is 0 Å². The fourth-order valence-corrected chi connectivity index (χ4v) is 2.75. The molecular formula is C15H11F3N2O. The van der Waals surface area contributed by atoms with E-state index in [0.29, 0.717) is 6.92 Å². The van der Waals surface area contributed by atoms with Gasteiger partial charge in [-0.15, -0.1) is 0 Å². The minimum absolute atomic E-state index is 0.0330. The van der Waals surface area contributed by atoms with Crippen molar-refractivity contribution in [2.24, 2.45) is 0 Å². The molecule has 0 saturated carbocycles. The number of aldehydes is 1. The number of hydrogen-bond donors (Lipinski definition) is 1. The molecule has 1 unspecified atom stereocenters. The van der Waals surface area contributed by atoms with Crippen LogP contribution in [0.5, 0.6) is 0 Å². The molecule has 0 fully saturated rings. The van der Waals surface area contributed by atoms with E-state index in [0.717, 1.165) is 12.1 Å². The second-order valence-corrected chi connectivity index (χ2v) is 5.03. The maximum absolute atomic E-state index is 14.3. The molecular weight excluding hydrogens is 281 g/mol. The van der Waals surface area contributed by atoms with Crippen LogP contribution in [0, 0.1) is 5.82 Å². The largest absolute Gasteiger partial charge is 0.340 e. The number of aromatic nitrogens is 1. The molecule has 1 aromatic carbocycles. The highest BCUT2D eigenvalue weighted by atomic mass is 19.3. The molecule has 1 N–H and O–H groups in total. The summed E-state index contributed by atoms with van der Waals surface area (Å²) in [6, 6.07) is 6.29. The lowest BCUT2D eigenvalue weighted by Crippen LogP contribution is -2.48. The van der Waals surface area contributed by atoms with Crippen molar-refractivity contribution in [2.75, 3.05) is 5.32 Å². The number of benzene rings is 1. The van der Waals surface area contributed by atoms with Crippen LogP contribution in [0.25, 0.3) is 0 Å². The van der Waals surface area contributed by atoms with Crippen molar-refractivity contribution in [3.63, 3.8) is 0 Å². The van der Waals surface area contributed by atoms with E-state index in [1.807, 2.05) is 0 Å². The van der Waals surface area contributed by atoms with Gasteiger partial charge in [0.05, 0.1) is 0 Å². The molecule has 3 rings (SSSR count). The van der Waals surface area contributed by atoms with Gasteiger partial charge < -0.3 is 10.1 Å². The number of nitrogens with one attached hydrogen (secondary N) is 1. The van der Waals surface area contributed by atoms with Crippen molar-refractivity contribution in [2.45, 2.75) is 18.3 Å². The lowest BCUT2D eigenvalue weighted by molar-refractivity contribution is -0.123. The molecule has 0 saturated heterocycles. The summed E-state index contributed by atoms with van der Waals surface area (Å²) in [6.07, 6.45) is 1.61. The summed E-state index contributed by atoms with van der Waals surface area (Å²) >= 11 is 0. The number of hydrogen-bond acceptors (Lipinski definition) is 3. The summed E-state index contributed by atoms with van der Waals surface area (Å²) in [4.78, 5) is 15.7. The molecule has 0 bridgehead atoms. The highest BCUT2D eigenvalue weighted by Crippen LogP contribution is 2.51. The van der Waals surface area contributed by atoms with Gasteiger partial charge in [0.25, 0.3) is 5.92 Å². The first kappa shape index (κ1) is 13.6. The predicted molar refractivity (Wildman–Crippen MR) is 71.4 cm³/mol. The zero-order valence-electron chi connectivity index (χ0n) is 11.0. The fraction of sp³-hybridized carbons (Fsp3) is 0.200. The van der Waals surface area contributed by atoms with Crippen molar-refractivity contribution in [3.8, 4) is 0 Å². The third-order valence-corrected chi connectivity index (χ3v) is 3.76. The van der Waals surface area contributed by atoms with Crippen molar-refractivity contribution in [1.82, 2.24) is 4.98 Å². The van der Waals surface area contributed by atoms with Gasteiger partial charge in [-0.25, -0.2) is 18.2 Å². The standard InChI is InChI=1S/C15H11F3N2O/c1-14(17,18)15(8-21)10-3-2-6-19-13(10)20-12-5-4-9(16)7-11(12)15/h2-8H,1H3,(H,19,20). The van der Waals surface area contributed by atoms with Gasteiger partial charge >= 0.3 is 0 Å². The van der Waals surface area contributed by atoms with E-state index in [1.165, 1.54) is 24.4 Å². The maximum atomic E-state index is 14.3. The Labute approximate surface area is 118 Å². The number of anilines is 2. The molecule has 21 heavy (non-hydrogen) atoms. The molecule has 1 atom stereocenters. The summed E-state index contributed by atoms with van der Waals surface area (Å²) in [5.41, 5.74) is -2.08. The van der Waals surface area contributed by atoms with Gasteiger partial charge in [-0.2, -0.15) is 0 Å². The molecule has 0 radical (unpaired) electrons. The van der Waals surface area contributed by atoms with Crippen LogP contribution < -0.4 is 5.32 Å². The van der Waals surface area contributed by atoms with Crippen LogP contribution in [0.15, 0.2) is 36.5 Å². The normalized spacial score (nSPS) is 20.2. The molecule has 1 aliphatic rings. The summed E-state index contributed by atoms with van der Waals surface area (Å²) < 4.78 is 42.2. The zero-order chi connectivity index (χ0) is 15.3. The van der Waals surface area contributed by atoms with E-state index < -0.39 is 17.2 Å². The van der Waals surface area contributed by atoms with Crippen LogP contribution in [-0.2, 0) is 10.2 Å². The van der Waals surface area contributed by atoms with Crippen LogP contribution in [0.2, 0.25) is 0 Å². The number of carbonyl (C=O) groups is 1. The number of halogens is 3. The van der Waals surface area contributed by atoms with Gasteiger partial charge in [-0.05, 0) is 24.3 Å². The van der Waals surface area contributed by atoms with Gasteiger partial charge in [0.1, 0.15) is 23.3 Å². The minimum atomic E-state index is -3.42. The molecule has 3 nitrogen and oxygen atoms in total. The number of pyridine rings is 1. The topological polar surface area (TPSA) is 42.0 Å². The molecule has 1 aromatic heterocycles. The summed E-state index contributed by atoms with van der Waals surface area (Å²) in [7, 11) is 0. The molecule has 2 heterocycles. The Morgan fingerprint density at radius 1 is 1.29 bits per heavy atom. The number of rotatable bonds is 2. The van der Waals surface area contributed by atoms with E-state index in [-0.39, 0.29) is 28.9 Å². The van der Waals surface area contributed by atoms with E-state index in [9.17, 15) is 18.0 Å². The molecule has 0 spiro atoms. The first-order chi connectivity index (χ1) is 9.90. The SMILES string of the molecule is CC(F)(F)C1(C=O)c2cc(F)ccc2Nc2ncccc21. The smallest absolute Gasteiger partial charge is 0.265 e. The highest BCUT2D eigenvalue weighted by Gasteiger charge is 2.57. The third-order valence-electron chi connectivity index (χ3n) is 3.76. The summed E-state index contributed by atoms with van der Waals surface area (Å²) in [5.74, 6) is -3.93. The first-order valence-corrected chi connectivity index (χ1v) is 6.27. The Morgan fingerprint density at radius 3 is 2.71 bits per heavy atom. The quantitative estimate of drug-likeness (QED) is 0.862. The van der Waals surface area contributed by atoms with Crippen molar-refractivity contribution < 1.29 is 18.0 Å². The van der Waals surface area contributed by atoms with E-state index in [1.54, 1.807) is 0 Å². The molecule has 6 heteroatoms. The molecule has 2 aromatic rings. The van der Waals surface area contributed by atoms with Crippen molar-refractivity contribution in [3.05, 3.63) is 53.5 Å². The Hall–Kier alpha value is -2.37. The highest BCUT2D eigenvalue weighted by molar-refractivity contribution is 5.88. The van der Waals surface area contributed by atoms with E-state index in [4.69, 9.17) is 0 Å². The number of nitrogens with zero attached hydrogens (tertiary/aromatic N) is 1. The lowest BCUT2D eigenvalue weighted by Gasteiger charge is -2.40. The monoisotopic (exact) mass is 292 g/mol. The Bertz CT molecular complexity index is 727. The Balaban J connectivity index is 2.42. The van der Waals surface area contributed by atoms with Crippen molar-refractivity contribution >= 4 is 17.8 Å². The molecule has 0 aliphatic carbocycles. The first-order valence-electron chi connectivity index (χ1n) is 6.27. The van der Waals surface area contributed by atoms with Gasteiger partial charge in [-0.3, -0.25) is 0 Å². The van der Waals surface area contributed by atoms with Gasteiger partial charge in [0, 0.05) is 29.9 Å². The van der Waals surface area contributed by atoms with E-state index >= 15 is 0 Å². The number of carbonyl (C=O) groups excluding carboxylic acids is 1. The minimum Gasteiger partial charge on any atom is -0.340 e. The van der Waals surface area contributed by atoms with Crippen LogP contribution >= 0.6 is 0 Å². The Kier molecular flexibility index (Phi) is 2.79. The molecule has 0 amide bonds. The zero-order valence-corrected chi connectivity index (χ0v) is 11.0. The average molecular weight is 292 g/mol. The average Bonchev–Trinajstić information content (AvgIpc) is 2.43. The summed E-state index contributed by atoms with van der Waals surface area (Å²) in [6.45, 7) is 0.651. The lowest BCUT2D eigenvalue weighted by atomic mass is 9.69. The fourth-order valence-electron chi connectivity index (χ4n) is 2.75. The molecule has 1 aliphatic heterocycles. The van der Waals surface area contributed by atoms with Crippen LogP contribution in [-0.4, -0.2) is 17.2 Å². The predicted octanol–water partition coefficient (Wildman–Crippen LogP) is 3.42. The number of fused-ring (bicyclic) bond motifs is 2. The second kappa shape index (κ2) is 4.31. The third kappa shape index (κ3) is 1.75. The van der Waals surface area contributed by atoms with E-state index in [2.05, 4.69) is 10.3 Å². The number of alkyl halides is 2. The van der Waals surface area contributed by atoms with Gasteiger partial charge in [0.2, 0.25) is 0 Å². The van der Waals surface area contributed by atoms with Gasteiger partial charge in [0.15, 0.2) is 0 Å². The van der Waals surface area contributed by atoms with Gasteiger partial charge in [-0.1, -0.05) is 6.07 Å². The summed E-state index contributed by atoms with van der Waals surface area (Å²) in [5, 5.41) is 2.86. The second-order valence-electron chi connectivity index (χ2n) is 5.03. The maximum Gasteiger partial charge on any atom is 0.265 e. The van der Waals surface area contributed by atoms with Crippen LogP contribution in [0.1, 0.15) is 18.1 Å². The Morgan fingerprint density at radius 2 is 2.05 bits per heavy atom. The van der Waals surface area contributed by atoms with Crippen LogP contribution in [0.4, 0.5) is 24.7 Å². The van der Waals surface area contributed by atoms with Crippen LogP contribution in [0.3, 0.4) is 0 Å².